The number of aromatic nitrogens is 2. The van der Waals surface area contributed by atoms with Gasteiger partial charge in [0.25, 0.3) is 11.6 Å². The predicted molar refractivity (Wildman–Crippen MR) is 108 cm³/mol. The number of carbonyl (C=O) groups excluding carboxylic acids is 2. The maximum Gasteiger partial charge on any atom is 0.324 e. The summed E-state index contributed by atoms with van der Waals surface area (Å²) >= 11 is 0. The molecule has 1 atom stereocenters. The lowest BCUT2D eigenvalue weighted by Gasteiger charge is -2.35. The second-order valence-electron chi connectivity index (χ2n) is 8.10. The zero-order chi connectivity index (χ0) is 22.7. The van der Waals surface area contributed by atoms with E-state index >= 15 is 0 Å². The van der Waals surface area contributed by atoms with Gasteiger partial charge in [-0.25, -0.2) is 9.30 Å². The van der Waals surface area contributed by atoms with E-state index < -0.39 is 35.0 Å². The number of imidazole rings is 1. The van der Waals surface area contributed by atoms with Crippen molar-refractivity contribution in [3.63, 3.8) is 0 Å². The lowest BCUT2D eigenvalue weighted by atomic mass is 9.84. The highest BCUT2D eigenvalue weighted by atomic mass is 16.7. The summed E-state index contributed by atoms with van der Waals surface area (Å²) in [6.45, 7) is 6.21. The van der Waals surface area contributed by atoms with Gasteiger partial charge in [0.2, 0.25) is 0 Å². The van der Waals surface area contributed by atoms with Crippen LogP contribution in [0.1, 0.15) is 42.5 Å². The number of hydrogen-bond acceptors (Lipinski definition) is 7. The molecule has 0 amide bonds. The van der Waals surface area contributed by atoms with Crippen molar-refractivity contribution < 1.29 is 28.2 Å². The molecule has 1 saturated heterocycles. The van der Waals surface area contributed by atoms with E-state index in [9.17, 15) is 19.6 Å². The first-order chi connectivity index (χ1) is 14.5. The van der Waals surface area contributed by atoms with Crippen molar-refractivity contribution in [2.75, 3.05) is 0 Å². The first-order valence-electron chi connectivity index (χ1n) is 9.75. The fourth-order valence-corrected chi connectivity index (χ4v) is 3.98. The molecule has 0 N–H and O–H groups in total. The van der Waals surface area contributed by atoms with Crippen LogP contribution in [0.2, 0.25) is 0 Å². The second-order valence-corrected chi connectivity index (χ2v) is 8.10. The van der Waals surface area contributed by atoms with Crippen LogP contribution in [0.3, 0.4) is 0 Å². The average Bonchev–Trinajstić information content (AvgIpc) is 2.88. The molecule has 1 fully saturated rings. The quantitative estimate of drug-likeness (QED) is 0.272. The van der Waals surface area contributed by atoms with Crippen molar-refractivity contribution in [1.82, 2.24) is 4.57 Å². The van der Waals surface area contributed by atoms with Crippen LogP contribution in [-0.4, -0.2) is 22.3 Å². The van der Waals surface area contributed by atoms with Gasteiger partial charge in [0.1, 0.15) is 22.9 Å². The normalized spacial score (nSPS) is 17.5. The van der Waals surface area contributed by atoms with Crippen molar-refractivity contribution in [3.05, 3.63) is 68.7 Å². The Bertz CT molecular complexity index is 1240. The van der Waals surface area contributed by atoms with E-state index in [0.717, 1.165) is 0 Å². The molecule has 1 aliphatic heterocycles. The number of carbonyl (C=O) groups is 2. The minimum atomic E-state index is -1.55. The third-order valence-corrected chi connectivity index (χ3v) is 5.74. The van der Waals surface area contributed by atoms with Gasteiger partial charge in [0.15, 0.2) is 11.3 Å². The molecule has 31 heavy (non-hydrogen) atoms. The molecule has 3 heterocycles. The lowest BCUT2D eigenvalue weighted by Crippen LogP contribution is -2.51. The number of esters is 2. The van der Waals surface area contributed by atoms with Crippen LogP contribution in [0.5, 0.6) is 0 Å². The van der Waals surface area contributed by atoms with Crippen molar-refractivity contribution in [3.8, 4) is 0 Å². The number of hydrogen-bond donors (Lipinski definition) is 0. The molecule has 1 aliphatic rings. The van der Waals surface area contributed by atoms with Gasteiger partial charge in [-0.15, -0.1) is 0 Å². The maximum absolute atomic E-state index is 13.4. The summed E-state index contributed by atoms with van der Waals surface area (Å²) < 4.78 is 18.4. The van der Waals surface area contributed by atoms with E-state index in [1.165, 1.54) is 20.1 Å². The van der Waals surface area contributed by atoms with Crippen molar-refractivity contribution in [2.45, 2.75) is 39.4 Å². The summed E-state index contributed by atoms with van der Waals surface area (Å²) in [4.78, 5) is 39.2. The highest BCUT2D eigenvalue weighted by molar-refractivity contribution is 5.98. The standard InChI is InChI=1S/C22H22N2O7/c1-11-12(2)24(28)19(23(11)5)16(17-20(26)30-22(3,4)31-21(17)27)14-10-29-15-9-7-6-8-13(15)18(14)25/h6-10,16-17H,1-5H3/t16-/m1/s1. The fraction of sp³-hybridized carbons (Fsp3) is 0.364. The van der Waals surface area contributed by atoms with Crippen molar-refractivity contribution >= 4 is 22.9 Å². The molecule has 0 bridgehead atoms. The van der Waals surface area contributed by atoms with Gasteiger partial charge in [-0.1, -0.05) is 12.1 Å². The number of fused-ring (bicyclic) bond motifs is 1. The van der Waals surface area contributed by atoms with Gasteiger partial charge >= 0.3 is 11.9 Å². The number of nitrogens with zero attached hydrogens (tertiary/aromatic N) is 2. The summed E-state index contributed by atoms with van der Waals surface area (Å²) in [5, 5.41) is 13.3. The second kappa shape index (κ2) is 6.97. The molecule has 162 valence electrons. The van der Waals surface area contributed by atoms with Gasteiger partial charge in [0, 0.05) is 27.7 Å². The topological polar surface area (TPSA) is 115 Å². The van der Waals surface area contributed by atoms with Crippen molar-refractivity contribution in [1.29, 1.82) is 0 Å². The van der Waals surface area contributed by atoms with E-state index in [4.69, 9.17) is 13.9 Å². The molecule has 0 radical (unpaired) electrons. The molecular weight excluding hydrogens is 404 g/mol. The van der Waals surface area contributed by atoms with Gasteiger partial charge in [-0.05, 0) is 12.1 Å². The fourth-order valence-electron chi connectivity index (χ4n) is 3.98. The molecule has 0 unspecified atom stereocenters. The first-order valence-corrected chi connectivity index (χ1v) is 9.75. The monoisotopic (exact) mass is 426 g/mol. The number of benzene rings is 1. The number of para-hydroxylation sites is 1. The number of cyclic esters (lactones) is 2. The van der Waals surface area contributed by atoms with E-state index in [1.54, 1.807) is 49.7 Å². The van der Waals surface area contributed by atoms with Crippen LogP contribution in [0.4, 0.5) is 0 Å². The summed E-state index contributed by atoms with van der Waals surface area (Å²) in [6, 6.07) is 6.60. The van der Waals surface area contributed by atoms with Gasteiger partial charge in [-0.2, -0.15) is 0 Å². The third-order valence-electron chi connectivity index (χ3n) is 5.74. The largest absolute Gasteiger partial charge is 0.711 e. The minimum absolute atomic E-state index is 0.0116. The van der Waals surface area contributed by atoms with Gasteiger partial charge in [-0.3, -0.25) is 14.4 Å². The van der Waals surface area contributed by atoms with E-state index in [0.29, 0.717) is 21.7 Å². The number of rotatable bonds is 3. The third kappa shape index (κ3) is 3.17. The lowest BCUT2D eigenvalue weighted by molar-refractivity contribution is -0.621. The molecule has 0 saturated carbocycles. The molecule has 0 aliphatic carbocycles. The molecular formula is C22H22N2O7. The van der Waals surface area contributed by atoms with Crippen LogP contribution in [0.15, 0.2) is 39.7 Å². The summed E-state index contributed by atoms with van der Waals surface area (Å²) in [5.74, 6) is -5.99. The van der Waals surface area contributed by atoms with E-state index in [1.807, 2.05) is 0 Å². The highest BCUT2D eigenvalue weighted by Crippen LogP contribution is 2.37. The Balaban J connectivity index is 2.01. The van der Waals surface area contributed by atoms with Crippen LogP contribution in [-0.2, 0) is 26.1 Å². The molecule has 0 spiro atoms. The zero-order valence-corrected chi connectivity index (χ0v) is 17.8. The Morgan fingerprint density at radius 1 is 1.10 bits per heavy atom. The molecule has 9 heteroatoms. The van der Waals surface area contributed by atoms with Crippen LogP contribution in [0, 0.1) is 25.0 Å². The van der Waals surface area contributed by atoms with Crippen LogP contribution < -0.4 is 10.2 Å². The molecule has 2 aromatic heterocycles. The highest BCUT2D eigenvalue weighted by Gasteiger charge is 2.52. The predicted octanol–water partition coefficient (Wildman–Crippen LogP) is 1.97. The molecule has 9 nitrogen and oxygen atoms in total. The van der Waals surface area contributed by atoms with Crippen LogP contribution in [0.25, 0.3) is 11.0 Å². The minimum Gasteiger partial charge on any atom is -0.711 e. The number of ether oxygens (including phenoxy) is 2. The Labute approximate surface area is 177 Å². The Morgan fingerprint density at radius 3 is 2.29 bits per heavy atom. The maximum atomic E-state index is 13.4. The Hall–Kier alpha value is -3.62. The molecule has 1 aromatic carbocycles. The summed E-state index contributed by atoms with van der Waals surface area (Å²) in [7, 11) is 1.63. The smallest absolute Gasteiger partial charge is 0.324 e. The molecule has 4 rings (SSSR count). The summed E-state index contributed by atoms with van der Waals surface area (Å²) in [6.07, 6.45) is 1.19. The molecule has 3 aromatic rings. The Kier molecular flexibility index (Phi) is 4.64. The summed E-state index contributed by atoms with van der Waals surface area (Å²) in [5.41, 5.74) is 0.888. The Morgan fingerprint density at radius 2 is 1.71 bits per heavy atom. The van der Waals surface area contributed by atoms with Gasteiger partial charge in [0.05, 0.1) is 24.3 Å². The van der Waals surface area contributed by atoms with Crippen LogP contribution >= 0.6 is 0 Å². The van der Waals surface area contributed by atoms with Gasteiger partial charge < -0.3 is 19.1 Å². The average molecular weight is 426 g/mol. The van der Waals surface area contributed by atoms with E-state index in [2.05, 4.69) is 0 Å². The SMILES string of the molecule is Cc1c(C)[n+]([O-])c([C@H](c2coc3ccccc3c2=O)C2C(=O)OC(C)(C)OC2=O)n1C. The van der Waals surface area contributed by atoms with E-state index in [-0.39, 0.29) is 16.8 Å². The van der Waals surface area contributed by atoms with Crippen molar-refractivity contribution in [2.24, 2.45) is 13.0 Å². The zero-order valence-electron chi connectivity index (χ0n) is 17.8. The first kappa shape index (κ1) is 20.6.